The van der Waals surface area contributed by atoms with Gasteiger partial charge in [-0.05, 0) is 80.3 Å². The Morgan fingerprint density at radius 2 is 1.62 bits per heavy atom. The summed E-state index contributed by atoms with van der Waals surface area (Å²) in [6.07, 6.45) is -0.647. The second-order valence-electron chi connectivity index (χ2n) is 8.24. The molecule has 1 aliphatic rings. The number of nitrogens with zero attached hydrogens (tertiary/aromatic N) is 1. The van der Waals surface area contributed by atoms with E-state index in [9.17, 15) is 4.79 Å². The lowest BCUT2D eigenvalue weighted by Crippen LogP contribution is -2.69. The molecule has 6 heteroatoms. The van der Waals surface area contributed by atoms with Gasteiger partial charge < -0.3 is 10.1 Å². The second-order valence-corrected chi connectivity index (χ2v) is 9.08. The number of aryl methyl sites for hydroxylation is 2. The number of halogens is 2. The summed E-state index contributed by atoms with van der Waals surface area (Å²) in [6.45, 7) is 8.81. The molecule has 0 unspecified atom stereocenters. The summed E-state index contributed by atoms with van der Waals surface area (Å²) in [5.74, 6) is 0.365. The topological polar surface area (TPSA) is 41.6 Å². The molecule has 4 nitrogen and oxygen atoms in total. The Balaban J connectivity index is 1.63. The molecule has 0 aromatic heterocycles. The van der Waals surface area contributed by atoms with Crippen LogP contribution in [0.1, 0.15) is 22.3 Å². The van der Waals surface area contributed by atoms with Gasteiger partial charge in [0.2, 0.25) is 0 Å². The fourth-order valence-electron chi connectivity index (χ4n) is 4.00. The SMILES string of the molecule is Cc1cccc(NC[C@@H]2[C@@H](Oc3ccc(Cl)cc3Cl)C(=O)N2c2cccc(C)c2C)c1C. The number of amides is 1. The van der Waals surface area contributed by atoms with Crippen molar-refractivity contribution in [3.63, 3.8) is 0 Å². The van der Waals surface area contributed by atoms with Crippen LogP contribution in [0.3, 0.4) is 0 Å². The number of carbonyl (C=O) groups is 1. The molecule has 3 aromatic rings. The molecule has 1 heterocycles. The van der Waals surface area contributed by atoms with Gasteiger partial charge in [0.05, 0.1) is 5.02 Å². The average molecular weight is 469 g/mol. The largest absolute Gasteiger partial charge is 0.477 e. The van der Waals surface area contributed by atoms with Gasteiger partial charge in [0.25, 0.3) is 5.91 Å². The summed E-state index contributed by atoms with van der Waals surface area (Å²) in [5, 5.41) is 4.43. The highest BCUT2D eigenvalue weighted by Crippen LogP contribution is 2.37. The Labute approximate surface area is 199 Å². The van der Waals surface area contributed by atoms with Gasteiger partial charge in [-0.25, -0.2) is 0 Å². The minimum Gasteiger partial charge on any atom is -0.477 e. The number of anilines is 2. The van der Waals surface area contributed by atoms with Crippen molar-refractivity contribution in [3.8, 4) is 5.75 Å². The molecule has 0 saturated carbocycles. The van der Waals surface area contributed by atoms with Crippen molar-refractivity contribution >= 4 is 40.5 Å². The first kappa shape index (κ1) is 22.5. The number of β-lactam (4-membered cyclic amide) rings is 1. The molecule has 1 aliphatic heterocycles. The van der Waals surface area contributed by atoms with Crippen LogP contribution in [-0.4, -0.2) is 24.6 Å². The maximum absolute atomic E-state index is 13.3. The molecule has 32 heavy (non-hydrogen) atoms. The van der Waals surface area contributed by atoms with Crippen LogP contribution in [0.2, 0.25) is 10.0 Å². The third kappa shape index (κ3) is 4.17. The smallest absolute Gasteiger partial charge is 0.270 e. The van der Waals surface area contributed by atoms with E-state index in [0.717, 1.165) is 22.5 Å². The van der Waals surface area contributed by atoms with Gasteiger partial charge in [-0.15, -0.1) is 0 Å². The predicted molar refractivity (Wildman–Crippen MR) is 132 cm³/mol. The van der Waals surface area contributed by atoms with Crippen LogP contribution in [0.5, 0.6) is 5.75 Å². The highest BCUT2D eigenvalue weighted by molar-refractivity contribution is 6.35. The van der Waals surface area contributed by atoms with Crippen LogP contribution >= 0.6 is 23.2 Å². The van der Waals surface area contributed by atoms with Crippen LogP contribution in [0, 0.1) is 27.7 Å². The van der Waals surface area contributed by atoms with Crippen molar-refractivity contribution < 1.29 is 9.53 Å². The van der Waals surface area contributed by atoms with Gasteiger partial charge >= 0.3 is 0 Å². The van der Waals surface area contributed by atoms with E-state index in [4.69, 9.17) is 27.9 Å². The number of carbonyl (C=O) groups excluding carboxylic acids is 1. The standard InChI is InChI=1S/C26H26Cl2N2O2/c1-15-7-5-9-21(17(15)3)29-14-23-25(32-24-12-11-19(27)13-20(24)28)26(31)30(23)22-10-6-8-16(2)18(22)4/h5-13,23,25,29H,14H2,1-4H3/t23-,25-/m1/s1. The average Bonchev–Trinajstić information content (AvgIpc) is 2.76. The maximum Gasteiger partial charge on any atom is 0.270 e. The number of rotatable bonds is 6. The summed E-state index contributed by atoms with van der Waals surface area (Å²) < 4.78 is 6.10. The van der Waals surface area contributed by atoms with Crippen LogP contribution < -0.4 is 15.0 Å². The number of hydrogen-bond donors (Lipinski definition) is 1. The van der Waals surface area contributed by atoms with Crippen LogP contribution in [0.25, 0.3) is 0 Å². The number of benzene rings is 3. The minimum atomic E-state index is -0.647. The van der Waals surface area contributed by atoms with Crippen molar-refractivity contribution in [3.05, 3.63) is 86.9 Å². The fourth-order valence-corrected chi connectivity index (χ4v) is 4.46. The lowest BCUT2D eigenvalue weighted by Gasteiger charge is -2.47. The van der Waals surface area contributed by atoms with Gasteiger partial charge in [0.15, 0.2) is 6.10 Å². The van der Waals surface area contributed by atoms with E-state index in [1.807, 2.05) is 43.0 Å². The summed E-state index contributed by atoms with van der Waals surface area (Å²) in [7, 11) is 0. The third-order valence-corrected chi connectivity index (χ3v) is 6.78. The summed E-state index contributed by atoms with van der Waals surface area (Å²) >= 11 is 12.3. The molecule has 0 aliphatic carbocycles. The van der Waals surface area contributed by atoms with Crippen LogP contribution in [0.4, 0.5) is 11.4 Å². The van der Waals surface area contributed by atoms with Crippen LogP contribution in [-0.2, 0) is 4.79 Å². The molecule has 0 bridgehead atoms. The third-order valence-electron chi connectivity index (χ3n) is 6.25. The van der Waals surface area contributed by atoms with Gasteiger partial charge in [0.1, 0.15) is 11.8 Å². The lowest BCUT2D eigenvalue weighted by atomic mass is 9.93. The lowest BCUT2D eigenvalue weighted by molar-refractivity contribution is -0.134. The summed E-state index contributed by atoms with van der Waals surface area (Å²) in [5.41, 5.74) is 6.59. The Hall–Kier alpha value is -2.69. The molecule has 166 valence electrons. The zero-order valence-electron chi connectivity index (χ0n) is 18.6. The molecule has 1 amide bonds. The molecule has 1 fully saturated rings. The molecular formula is C26H26Cl2N2O2. The summed E-state index contributed by atoms with van der Waals surface area (Å²) in [4.78, 5) is 15.1. The van der Waals surface area contributed by atoms with Crippen molar-refractivity contribution in [2.45, 2.75) is 39.8 Å². The zero-order chi connectivity index (χ0) is 23.0. The van der Waals surface area contributed by atoms with E-state index < -0.39 is 6.10 Å². The monoisotopic (exact) mass is 468 g/mol. The van der Waals surface area contributed by atoms with Crippen LogP contribution in [0.15, 0.2) is 54.6 Å². The quantitative estimate of drug-likeness (QED) is 0.419. The van der Waals surface area contributed by atoms with E-state index in [1.54, 1.807) is 18.2 Å². The molecule has 4 rings (SSSR count). The van der Waals surface area contributed by atoms with Gasteiger partial charge in [-0.1, -0.05) is 47.5 Å². The molecular weight excluding hydrogens is 443 g/mol. The minimum absolute atomic E-state index is 0.0857. The Morgan fingerprint density at radius 3 is 2.34 bits per heavy atom. The van der Waals surface area contributed by atoms with Crippen molar-refractivity contribution in [1.29, 1.82) is 0 Å². The van der Waals surface area contributed by atoms with E-state index in [-0.39, 0.29) is 11.9 Å². The summed E-state index contributed by atoms with van der Waals surface area (Å²) in [6, 6.07) is 17.0. The Morgan fingerprint density at radius 1 is 0.938 bits per heavy atom. The fraction of sp³-hybridized carbons (Fsp3) is 0.269. The second kappa shape index (κ2) is 9.05. The van der Waals surface area contributed by atoms with E-state index in [1.165, 1.54) is 11.1 Å². The highest BCUT2D eigenvalue weighted by atomic mass is 35.5. The molecule has 0 spiro atoms. The van der Waals surface area contributed by atoms with Crippen molar-refractivity contribution in [1.82, 2.24) is 0 Å². The van der Waals surface area contributed by atoms with Gasteiger partial charge in [-0.3, -0.25) is 9.69 Å². The maximum atomic E-state index is 13.3. The normalized spacial score (nSPS) is 17.8. The molecule has 1 saturated heterocycles. The van der Waals surface area contributed by atoms with Gasteiger partial charge in [0, 0.05) is 22.9 Å². The number of ether oxygens (including phenoxy) is 1. The van der Waals surface area contributed by atoms with E-state index in [0.29, 0.717) is 22.3 Å². The van der Waals surface area contributed by atoms with E-state index >= 15 is 0 Å². The van der Waals surface area contributed by atoms with Gasteiger partial charge in [-0.2, -0.15) is 0 Å². The zero-order valence-corrected chi connectivity index (χ0v) is 20.1. The van der Waals surface area contributed by atoms with Crippen molar-refractivity contribution in [2.75, 3.05) is 16.8 Å². The first-order chi connectivity index (χ1) is 15.3. The van der Waals surface area contributed by atoms with E-state index in [2.05, 4.69) is 31.3 Å². The molecule has 0 radical (unpaired) electrons. The number of hydrogen-bond acceptors (Lipinski definition) is 3. The van der Waals surface area contributed by atoms with Crippen molar-refractivity contribution in [2.24, 2.45) is 0 Å². The predicted octanol–water partition coefficient (Wildman–Crippen LogP) is 6.50. The number of nitrogens with one attached hydrogen (secondary N) is 1. The Bertz CT molecular complexity index is 1180. The molecule has 1 N–H and O–H groups in total. The first-order valence-electron chi connectivity index (χ1n) is 10.6. The molecule has 2 atom stereocenters. The first-order valence-corrected chi connectivity index (χ1v) is 11.3. The highest BCUT2D eigenvalue weighted by Gasteiger charge is 2.50. The Kier molecular flexibility index (Phi) is 6.36. The molecule has 3 aromatic carbocycles.